The third kappa shape index (κ3) is 2.82. The molecule has 0 radical (unpaired) electrons. The summed E-state index contributed by atoms with van der Waals surface area (Å²) in [6, 6.07) is 12.8. The van der Waals surface area contributed by atoms with Gasteiger partial charge in [0.25, 0.3) is 5.91 Å². The molecule has 3 rings (SSSR count). The summed E-state index contributed by atoms with van der Waals surface area (Å²) in [6.07, 6.45) is 0.473. The molecule has 2 aromatic rings. The first kappa shape index (κ1) is 16.0. The van der Waals surface area contributed by atoms with Gasteiger partial charge in [-0.05, 0) is 36.2 Å². The quantitative estimate of drug-likeness (QED) is 0.848. The van der Waals surface area contributed by atoms with Crippen LogP contribution in [0.5, 0.6) is 0 Å². The molecule has 0 aliphatic carbocycles. The maximum atomic E-state index is 12.3. The van der Waals surface area contributed by atoms with Crippen LogP contribution in [0, 0.1) is 0 Å². The molecule has 6 heteroatoms. The molecule has 2 aromatic carbocycles. The molecule has 1 fully saturated rings. The predicted octanol–water partition coefficient (Wildman–Crippen LogP) is 2.50. The number of imide groups is 1. The largest absolute Gasteiger partial charge is 0.325 e. The van der Waals surface area contributed by atoms with E-state index in [1.807, 2.05) is 43.3 Å². The van der Waals surface area contributed by atoms with Gasteiger partial charge in [-0.2, -0.15) is 0 Å². The predicted molar refractivity (Wildman–Crippen MR) is 91.5 cm³/mol. The maximum absolute atomic E-state index is 12.3. The van der Waals surface area contributed by atoms with Crippen molar-refractivity contribution in [1.82, 2.24) is 10.2 Å². The monoisotopic (exact) mass is 325 g/mol. The molecule has 1 atom stereocenters. The number of anilines is 1. The molecular weight excluding hydrogens is 306 g/mol. The van der Waals surface area contributed by atoms with Gasteiger partial charge in [0, 0.05) is 5.69 Å². The Morgan fingerprint density at radius 2 is 1.88 bits per heavy atom. The van der Waals surface area contributed by atoms with Crippen molar-refractivity contribution >= 4 is 34.3 Å². The smallest absolute Gasteiger partial charge is 0.325 e. The zero-order chi connectivity index (χ0) is 17.3. The van der Waals surface area contributed by atoms with Gasteiger partial charge >= 0.3 is 6.03 Å². The standard InChI is InChI=1S/C18H19N3O3/c1-3-18(2)16(23)21(17(24)20-18)11-15(22)19-14-9-8-12-6-4-5-7-13(12)10-14/h4-10H,3,11H2,1-2H3,(H,19,22)(H,20,24)/t18-/m1/s1. The summed E-state index contributed by atoms with van der Waals surface area (Å²) in [4.78, 5) is 37.4. The average Bonchev–Trinajstić information content (AvgIpc) is 2.78. The van der Waals surface area contributed by atoms with Crippen LogP contribution >= 0.6 is 0 Å². The highest BCUT2D eigenvalue weighted by Gasteiger charge is 2.46. The first-order chi connectivity index (χ1) is 11.4. The highest BCUT2D eigenvalue weighted by molar-refractivity contribution is 6.10. The van der Waals surface area contributed by atoms with E-state index in [-0.39, 0.29) is 12.5 Å². The number of amides is 4. The van der Waals surface area contributed by atoms with Crippen LogP contribution in [-0.2, 0) is 9.59 Å². The van der Waals surface area contributed by atoms with Gasteiger partial charge in [-0.3, -0.25) is 14.5 Å². The van der Waals surface area contributed by atoms with Crippen LogP contribution in [0.15, 0.2) is 42.5 Å². The van der Waals surface area contributed by atoms with Gasteiger partial charge in [0.05, 0.1) is 0 Å². The molecule has 4 amide bonds. The summed E-state index contributed by atoms with van der Waals surface area (Å²) >= 11 is 0. The minimum Gasteiger partial charge on any atom is -0.325 e. The van der Waals surface area contributed by atoms with E-state index in [0.717, 1.165) is 15.7 Å². The molecule has 1 heterocycles. The van der Waals surface area contributed by atoms with Crippen molar-refractivity contribution in [3.05, 3.63) is 42.5 Å². The molecule has 0 saturated carbocycles. The van der Waals surface area contributed by atoms with Gasteiger partial charge in [-0.15, -0.1) is 0 Å². The van der Waals surface area contributed by atoms with Gasteiger partial charge in [0.1, 0.15) is 12.1 Å². The lowest BCUT2D eigenvalue weighted by Gasteiger charge is -2.19. The Morgan fingerprint density at radius 1 is 1.17 bits per heavy atom. The van der Waals surface area contributed by atoms with Crippen LogP contribution in [0.1, 0.15) is 20.3 Å². The fraction of sp³-hybridized carbons (Fsp3) is 0.278. The molecule has 0 bridgehead atoms. The number of nitrogens with one attached hydrogen (secondary N) is 2. The van der Waals surface area contributed by atoms with Crippen molar-refractivity contribution in [2.75, 3.05) is 11.9 Å². The molecule has 124 valence electrons. The molecule has 24 heavy (non-hydrogen) atoms. The van der Waals surface area contributed by atoms with E-state index < -0.39 is 17.5 Å². The normalized spacial score (nSPS) is 20.3. The van der Waals surface area contributed by atoms with Crippen LogP contribution in [-0.4, -0.2) is 34.8 Å². The molecule has 2 N–H and O–H groups in total. The number of carbonyl (C=O) groups excluding carboxylic acids is 3. The third-order valence-corrected chi connectivity index (χ3v) is 4.39. The number of nitrogens with zero attached hydrogens (tertiary/aromatic N) is 1. The van der Waals surface area contributed by atoms with E-state index >= 15 is 0 Å². The van der Waals surface area contributed by atoms with E-state index in [9.17, 15) is 14.4 Å². The summed E-state index contributed by atoms with van der Waals surface area (Å²) in [5.74, 6) is -0.780. The Hall–Kier alpha value is -2.89. The average molecular weight is 325 g/mol. The van der Waals surface area contributed by atoms with Crippen LogP contribution in [0.3, 0.4) is 0 Å². The van der Waals surface area contributed by atoms with Crippen LogP contribution in [0.2, 0.25) is 0 Å². The summed E-state index contributed by atoms with van der Waals surface area (Å²) in [5.41, 5.74) is -0.302. The Balaban J connectivity index is 1.71. The SMILES string of the molecule is CC[C@@]1(C)NC(=O)N(CC(=O)Nc2ccc3ccccc3c2)C1=O. The van der Waals surface area contributed by atoms with E-state index in [1.54, 1.807) is 13.0 Å². The second-order valence-corrected chi connectivity index (χ2v) is 6.12. The van der Waals surface area contributed by atoms with Crippen LogP contribution in [0.25, 0.3) is 10.8 Å². The molecule has 1 aliphatic rings. The van der Waals surface area contributed by atoms with Gasteiger partial charge in [0.2, 0.25) is 5.91 Å². The van der Waals surface area contributed by atoms with Crippen molar-refractivity contribution < 1.29 is 14.4 Å². The lowest BCUT2D eigenvalue weighted by Crippen LogP contribution is -2.44. The van der Waals surface area contributed by atoms with Crippen molar-refractivity contribution in [2.45, 2.75) is 25.8 Å². The zero-order valence-corrected chi connectivity index (χ0v) is 13.6. The highest BCUT2D eigenvalue weighted by Crippen LogP contribution is 2.21. The fourth-order valence-corrected chi connectivity index (χ4v) is 2.74. The van der Waals surface area contributed by atoms with Crippen molar-refractivity contribution in [3.8, 4) is 0 Å². The first-order valence-electron chi connectivity index (χ1n) is 7.86. The fourth-order valence-electron chi connectivity index (χ4n) is 2.74. The number of hydrogen-bond donors (Lipinski definition) is 2. The third-order valence-electron chi connectivity index (χ3n) is 4.39. The summed E-state index contributed by atoms with van der Waals surface area (Å²) in [7, 11) is 0. The number of rotatable bonds is 4. The highest BCUT2D eigenvalue weighted by atomic mass is 16.2. The van der Waals surface area contributed by atoms with Crippen LogP contribution in [0.4, 0.5) is 10.5 Å². The Morgan fingerprint density at radius 3 is 2.54 bits per heavy atom. The Kier molecular flexibility index (Phi) is 3.97. The molecule has 0 aromatic heterocycles. The zero-order valence-electron chi connectivity index (χ0n) is 13.6. The van der Waals surface area contributed by atoms with Crippen molar-refractivity contribution in [2.24, 2.45) is 0 Å². The number of carbonyl (C=O) groups is 3. The molecular formula is C18H19N3O3. The maximum Gasteiger partial charge on any atom is 0.325 e. The summed E-state index contributed by atoms with van der Waals surface area (Å²) in [6.45, 7) is 3.18. The lowest BCUT2D eigenvalue weighted by atomic mass is 9.99. The van der Waals surface area contributed by atoms with Gasteiger partial charge in [-0.25, -0.2) is 4.79 Å². The van der Waals surface area contributed by atoms with E-state index in [1.165, 1.54) is 0 Å². The minimum absolute atomic E-state index is 0.299. The summed E-state index contributed by atoms with van der Waals surface area (Å²) < 4.78 is 0. The molecule has 1 aliphatic heterocycles. The molecule has 0 spiro atoms. The van der Waals surface area contributed by atoms with Crippen LogP contribution < -0.4 is 10.6 Å². The number of fused-ring (bicyclic) bond motifs is 1. The molecule has 1 saturated heterocycles. The molecule has 0 unspecified atom stereocenters. The number of urea groups is 1. The lowest BCUT2D eigenvalue weighted by molar-refractivity contribution is -0.133. The second-order valence-electron chi connectivity index (χ2n) is 6.12. The van der Waals surface area contributed by atoms with E-state index in [4.69, 9.17) is 0 Å². The van der Waals surface area contributed by atoms with Gasteiger partial charge in [-0.1, -0.05) is 37.3 Å². The number of hydrogen-bond acceptors (Lipinski definition) is 3. The second kappa shape index (κ2) is 5.96. The Bertz CT molecular complexity index is 833. The first-order valence-corrected chi connectivity index (χ1v) is 7.86. The number of benzene rings is 2. The van der Waals surface area contributed by atoms with E-state index in [0.29, 0.717) is 12.1 Å². The van der Waals surface area contributed by atoms with Gasteiger partial charge < -0.3 is 10.6 Å². The van der Waals surface area contributed by atoms with E-state index in [2.05, 4.69) is 10.6 Å². The summed E-state index contributed by atoms with van der Waals surface area (Å²) in [5, 5.41) is 7.44. The topological polar surface area (TPSA) is 78.5 Å². The molecule has 6 nitrogen and oxygen atoms in total. The van der Waals surface area contributed by atoms with Gasteiger partial charge in [0.15, 0.2) is 0 Å². The van der Waals surface area contributed by atoms with Crippen molar-refractivity contribution in [3.63, 3.8) is 0 Å². The minimum atomic E-state index is -0.930. The Labute approximate surface area is 139 Å². The van der Waals surface area contributed by atoms with Crippen molar-refractivity contribution in [1.29, 1.82) is 0 Å².